The van der Waals surface area contributed by atoms with Crippen molar-refractivity contribution in [1.82, 2.24) is 10.3 Å². The molecule has 190 valence electrons. The first-order chi connectivity index (χ1) is 15.8. The number of cyclic esters (lactones) is 1. The maximum atomic E-state index is 13.1. The van der Waals surface area contributed by atoms with E-state index in [4.69, 9.17) is 4.74 Å². The summed E-state index contributed by atoms with van der Waals surface area (Å²) in [5, 5.41) is 27.7. The van der Waals surface area contributed by atoms with E-state index in [0.29, 0.717) is 13.0 Å². The first-order valence-electron chi connectivity index (χ1n) is 11.9. The third-order valence-corrected chi connectivity index (χ3v) is 7.52. The second-order valence-electron chi connectivity index (χ2n) is 10.0. The Hall–Kier alpha value is -1.87. The molecule has 8 heteroatoms. The predicted molar refractivity (Wildman–Crippen MR) is 135 cm³/mol. The Balaban J connectivity index is 2.33. The van der Waals surface area contributed by atoms with Crippen LogP contribution >= 0.6 is 11.3 Å². The van der Waals surface area contributed by atoms with E-state index >= 15 is 0 Å². The largest absolute Gasteiger partial charge is 0.457 e. The molecule has 1 aromatic heterocycles. The molecule has 1 aliphatic rings. The Kier molecular flexibility index (Phi) is 10.2. The number of thiazole rings is 1. The van der Waals surface area contributed by atoms with Crippen LogP contribution in [0.1, 0.15) is 71.5 Å². The highest BCUT2D eigenvalue weighted by molar-refractivity contribution is 7.09. The number of nitrogens with zero attached hydrogens (tertiary/aromatic N) is 1. The number of ketones is 1. The van der Waals surface area contributed by atoms with Crippen LogP contribution in [0.15, 0.2) is 22.6 Å². The van der Waals surface area contributed by atoms with E-state index in [-0.39, 0.29) is 18.2 Å². The van der Waals surface area contributed by atoms with Gasteiger partial charge < -0.3 is 20.3 Å². The zero-order valence-corrected chi connectivity index (χ0v) is 22.2. The molecule has 0 aliphatic carbocycles. The maximum absolute atomic E-state index is 13.1. The third kappa shape index (κ3) is 7.57. The number of ether oxygens (including phenoxy) is 1. The summed E-state index contributed by atoms with van der Waals surface area (Å²) >= 11 is 1.56. The van der Waals surface area contributed by atoms with E-state index < -0.39 is 35.6 Å². The van der Waals surface area contributed by atoms with Crippen molar-refractivity contribution in [1.29, 1.82) is 0 Å². The van der Waals surface area contributed by atoms with Crippen molar-refractivity contribution in [3.8, 4) is 0 Å². The van der Waals surface area contributed by atoms with Crippen LogP contribution in [0.25, 0.3) is 6.08 Å². The van der Waals surface area contributed by atoms with Crippen LogP contribution in [0.3, 0.4) is 0 Å². The fraction of sp³-hybridized carbons (Fsp3) is 0.654. The first-order valence-corrected chi connectivity index (χ1v) is 12.8. The molecule has 5 unspecified atom stereocenters. The van der Waals surface area contributed by atoms with Gasteiger partial charge in [-0.05, 0) is 52.3 Å². The molecule has 0 radical (unpaired) electrons. The number of Topliss-reactive ketones (excluding diaryl/α,β-unsaturated/α-hetero) is 1. The summed E-state index contributed by atoms with van der Waals surface area (Å²) in [5.41, 5.74) is 1.59. The van der Waals surface area contributed by atoms with Gasteiger partial charge in [0.1, 0.15) is 11.9 Å². The molecule has 0 spiro atoms. The van der Waals surface area contributed by atoms with Crippen molar-refractivity contribution in [3.05, 3.63) is 33.3 Å². The molecule has 0 bridgehead atoms. The molecule has 2 heterocycles. The summed E-state index contributed by atoms with van der Waals surface area (Å²) in [4.78, 5) is 30.4. The lowest BCUT2D eigenvalue weighted by Gasteiger charge is -2.34. The molecule has 0 amide bonds. The van der Waals surface area contributed by atoms with Gasteiger partial charge in [-0.25, -0.2) is 4.98 Å². The minimum Gasteiger partial charge on any atom is -0.457 e. The van der Waals surface area contributed by atoms with Crippen molar-refractivity contribution in [2.75, 3.05) is 6.54 Å². The van der Waals surface area contributed by atoms with Crippen molar-refractivity contribution < 1.29 is 24.5 Å². The van der Waals surface area contributed by atoms with Crippen LogP contribution in [0, 0.1) is 18.3 Å². The summed E-state index contributed by atoms with van der Waals surface area (Å²) in [5.74, 6) is -1.56. The summed E-state index contributed by atoms with van der Waals surface area (Å²) in [7, 11) is 0. The fourth-order valence-corrected chi connectivity index (χ4v) is 4.66. The SMILES string of the molecule is CC(=Cc1csc(C)n1)C1C/C=C(/C)CCNC(C)C(O)C(C)C(=O)C(C)(C)C(O)CC(=O)O1. The monoisotopic (exact) mass is 492 g/mol. The highest BCUT2D eigenvalue weighted by Crippen LogP contribution is 2.30. The van der Waals surface area contributed by atoms with E-state index in [9.17, 15) is 19.8 Å². The van der Waals surface area contributed by atoms with Crippen LogP contribution in [-0.2, 0) is 14.3 Å². The topological polar surface area (TPSA) is 109 Å². The Morgan fingerprint density at radius 1 is 1.26 bits per heavy atom. The number of hydrogen-bond acceptors (Lipinski definition) is 8. The van der Waals surface area contributed by atoms with Gasteiger partial charge >= 0.3 is 5.97 Å². The van der Waals surface area contributed by atoms with Crippen molar-refractivity contribution in [3.63, 3.8) is 0 Å². The summed E-state index contributed by atoms with van der Waals surface area (Å²) < 4.78 is 5.79. The molecule has 0 saturated heterocycles. The average molecular weight is 493 g/mol. The lowest BCUT2D eigenvalue weighted by atomic mass is 9.74. The van der Waals surface area contributed by atoms with E-state index in [1.54, 1.807) is 32.1 Å². The minimum atomic E-state index is -1.23. The number of esters is 1. The van der Waals surface area contributed by atoms with Gasteiger partial charge in [0.05, 0.1) is 34.7 Å². The van der Waals surface area contributed by atoms with E-state index in [2.05, 4.69) is 16.4 Å². The number of carbonyl (C=O) groups is 2. The standard InChI is InChI=1S/C26H40N2O5S/c1-15-8-9-21(16(2)12-20-14-34-19(5)28-20)33-23(30)13-22(29)26(6,7)25(32)17(3)24(31)18(4)27-11-10-15/h8,12,14,17-18,21-22,24,27,29,31H,9-11,13H2,1-7H3/b15-8-,16-12?. The number of aliphatic hydroxyl groups is 2. The second-order valence-corrected chi connectivity index (χ2v) is 11.1. The quantitative estimate of drug-likeness (QED) is 0.425. The highest BCUT2D eigenvalue weighted by atomic mass is 32.1. The van der Waals surface area contributed by atoms with E-state index in [0.717, 1.165) is 28.3 Å². The molecule has 0 aromatic carbocycles. The summed E-state index contributed by atoms with van der Waals surface area (Å²) in [6.45, 7) is 13.2. The zero-order chi connectivity index (χ0) is 25.6. The average Bonchev–Trinajstić information content (AvgIpc) is 3.18. The molecule has 7 nitrogen and oxygen atoms in total. The Morgan fingerprint density at radius 2 is 1.94 bits per heavy atom. The predicted octanol–water partition coefficient (Wildman–Crippen LogP) is 3.83. The third-order valence-electron chi connectivity index (χ3n) is 6.73. The number of rotatable bonds is 2. The van der Waals surface area contributed by atoms with Gasteiger partial charge in [-0.15, -0.1) is 11.3 Å². The Bertz CT molecular complexity index is 920. The molecule has 5 atom stereocenters. The highest BCUT2D eigenvalue weighted by Gasteiger charge is 2.42. The van der Waals surface area contributed by atoms with Crippen LogP contribution in [0.4, 0.5) is 0 Å². The van der Waals surface area contributed by atoms with Gasteiger partial charge in [-0.2, -0.15) is 0 Å². The molecule has 1 aliphatic heterocycles. The van der Waals surface area contributed by atoms with Crippen molar-refractivity contribution >= 4 is 29.2 Å². The van der Waals surface area contributed by atoms with Gasteiger partial charge in [0.2, 0.25) is 0 Å². The smallest absolute Gasteiger partial charge is 0.309 e. The molecular formula is C26H40N2O5S. The summed E-state index contributed by atoms with van der Waals surface area (Å²) in [6, 6.07) is -0.294. The molecule has 0 saturated carbocycles. The van der Waals surface area contributed by atoms with Crippen LogP contribution in [0.5, 0.6) is 0 Å². The number of hydrogen-bond donors (Lipinski definition) is 3. The van der Waals surface area contributed by atoms with Gasteiger partial charge in [-0.1, -0.05) is 32.4 Å². The van der Waals surface area contributed by atoms with Crippen LogP contribution < -0.4 is 5.32 Å². The number of nitrogens with one attached hydrogen (secondary N) is 1. The van der Waals surface area contributed by atoms with Crippen LogP contribution in [0.2, 0.25) is 0 Å². The molecule has 2 rings (SSSR count). The minimum absolute atomic E-state index is 0.288. The number of aliphatic hydroxyl groups excluding tert-OH is 2. The maximum Gasteiger partial charge on any atom is 0.309 e. The first kappa shape index (κ1) is 28.4. The van der Waals surface area contributed by atoms with Gasteiger partial charge in [0.25, 0.3) is 0 Å². The lowest BCUT2D eigenvalue weighted by Crippen LogP contribution is -2.49. The zero-order valence-electron chi connectivity index (χ0n) is 21.4. The molecule has 0 fully saturated rings. The number of aryl methyl sites for hydroxylation is 1. The van der Waals surface area contributed by atoms with E-state index in [1.807, 2.05) is 39.2 Å². The van der Waals surface area contributed by atoms with Crippen LogP contribution in [-0.4, -0.2) is 57.8 Å². The van der Waals surface area contributed by atoms with Gasteiger partial charge in [-0.3, -0.25) is 9.59 Å². The second kappa shape index (κ2) is 12.2. The van der Waals surface area contributed by atoms with Crippen molar-refractivity contribution in [2.45, 2.75) is 92.1 Å². The number of carbonyl (C=O) groups excluding carboxylic acids is 2. The van der Waals surface area contributed by atoms with Gasteiger partial charge in [0, 0.05) is 23.8 Å². The molecule has 1 aromatic rings. The number of aromatic nitrogens is 1. The molecule has 3 N–H and O–H groups in total. The molecule has 34 heavy (non-hydrogen) atoms. The van der Waals surface area contributed by atoms with E-state index in [1.165, 1.54) is 0 Å². The van der Waals surface area contributed by atoms with Crippen molar-refractivity contribution in [2.24, 2.45) is 11.3 Å². The Morgan fingerprint density at radius 3 is 2.56 bits per heavy atom. The Labute approximate surface area is 207 Å². The normalized spacial score (nSPS) is 32.1. The lowest BCUT2D eigenvalue weighted by molar-refractivity contribution is -0.154. The fourth-order valence-electron chi connectivity index (χ4n) is 4.09. The van der Waals surface area contributed by atoms with Gasteiger partial charge in [0.15, 0.2) is 0 Å². The summed E-state index contributed by atoms with van der Waals surface area (Å²) in [6.07, 6.45) is 2.28. The molecular weight excluding hydrogens is 452 g/mol.